The quantitative estimate of drug-likeness (QED) is 0.536. The standard InChI is InChI=1S/C20H32N2/c1-17-11-12-18(2)21(17)15-9-7-5-6-8-10-16-22-19(3)13-14-20(22)4/h11-14H,5-10,15-16H2,1-4H3. The van der Waals surface area contributed by atoms with Crippen LogP contribution in [0.15, 0.2) is 24.3 Å². The summed E-state index contributed by atoms with van der Waals surface area (Å²) in [6, 6.07) is 8.89. The average Bonchev–Trinajstić information content (AvgIpc) is 2.98. The van der Waals surface area contributed by atoms with E-state index < -0.39 is 0 Å². The Hall–Kier alpha value is -1.44. The fourth-order valence-electron chi connectivity index (χ4n) is 3.35. The third-order valence-corrected chi connectivity index (χ3v) is 4.85. The highest BCUT2D eigenvalue weighted by Crippen LogP contribution is 2.13. The van der Waals surface area contributed by atoms with Gasteiger partial charge in [0, 0.05) is 35.9 Å². The first-order valence-corrected chi connectivity index (χ1v) is 8.85. The molecule has 0 aliphatic carbocycles. The second kappa shape index (κ2) is 8.26. The Morgan fingerprint density at radius 3 is 1.09 bits per heavy atom. The SMILES string of the molecule is Cc1ccc(C)n1CCCCCCCCn1c(C)ccc1C. The topological polar surface area (TPSA) is 9.86 Å². The molecule has 0 aliphatic heterocycles. The predicted molar refractivity (Wildman–Crippen MR) is 95.5 cm³/mol. The van der Waals surface area contributed by atoms with Gasteiger partial charge in [0.05, 0.1) is 0 Å². The molecule has 0 bridgehead atoms. The second-order valence-electron chi connectivity index (χ2n) is 6.66. The van der Waals surface area contributed by atoms with Crippen molar-refractivity contribution in [3.63, 3.8) is 0 Å². The van der Waals surface area contributed by atoms with Crippen LogP contribution in [0.1, 0.15) is 61.3 Å². The molecule has 0 aliphatic rings. The van der Waals surface area contributed by atoms with Crippen molar-refractivity contribution in [1.29, 1.82) is 0 Å². The molecule has 0 radical (unpaired) electrons. The molecule has 2 heterocycles. The van der Waals surface area contributed by atoms with E-state index in [9.17, 15) is 0 Å². The van der Waals surface area contributed by atoms with Crippen LogP contribution in [0.2, 0.25) is 0 Å². The molecule has 0 N–H and O–H groups in total. The summed E-state index contributed by atoms with van der Waals surface area (Å²) < 4.78 is 4.88. The molecule has 0 fully saturated rings. The summed E-state index contributed by atoms with van der Waals surface area (Å²) in [6.45, 7) is 11.2. The summed E-state index contributed by atoms with van der Waals surface area (Å²) in [5.41, 5.74) is 5.59. The molecule has 122 valence electrons. The highest BCUT2D eigenvalue weighted by Gasteiger charge is 2.01. The van der Waals surface area contributed by atoms with Crippen LogP contribution in [0.25, 0.3) is 0 Å². The Kier molecular flexibility index (Phi) is 6.35. The number of hydrogen-bond acceptors (Lipinski definition) is 0. The van der Waals surface area contributed by atoms with Crippen LogP contribution >= 0.6 is 0 Å². The highest BCUT2D eigenvalue weighted by atomic mass is 15.0. The lowest BCUT2D eigenvalue weighted by atomic mass is 10.1. The molecule has 2 nitrogen and oxygen atoms in total. The minimum atomic E-state index is 1.19. The third kappa shape index (κ3) is 4.53. The maximum atomic E-state index is 2.44. The van der Waals surface area contributed by atoms with Crippen LogP contribution in [0, 0.1) is 27.7 Å². The van der Waals surface area contributed by atoms with Crippen molar-refractivity contribution in [2.75, 3.05) is 0 Å². The lowest BCUT2D eigenvalue weighted by molar-refractivity contribution is 0.522. The molecule has 0 unspecified atom stereocenters. The van der Waals surface area contributed by atoms with Crippen molar-refractivity contribution in [1.82, 2.24) is 9.13 Å². The maximum absolute atomic E-state index is 2.44. The molecular weight excluding hydrogens is 268 g/mol. The van der Waals surface area contributed by atoms with Gasteiger partial charge in [0.1, 0.15) is 0 Å². The largest absolute Gasteiger partial charge is 0.349 e. The van der Waals surface area contributed by atoms with E-state index in [0.717, 1.165) is 0 Å². The fraction of sp³-hybridized carbons (Fsp3) is 0.600. The summed E-state index contributed by atoms with van der Waals surface area (Å²) in [7, 11) is 0. The first-order valence-electron chi connectivity index (χ1n) is 8.85. The zero-order valence-corrected chi connectivity index (χ0v) is 14.9. The fourth-order valence-corrected chi connectivity index (χ4v) is 3.35. The second-order valence-corrected chi connectivity index (χ2v) is 6.66. The number of hydrogen-bond donors (Lipinski definition) is 0. The molecule has 0 atom stereocenters. The summed E-state index contributed by atoms with van der Waals surface area (Å²) in [5, 5.41) is 0. The molecule has 0 saturated heterocycles. The van der Waals surface area contributed by atoms with Crippen molar-refractivity contribution < 1.29 is 0 Å². The zero-order valence-electron chi connectivity index (χ0n) is 14.9. The first-order chi connectivity index (χ1) is 10.6. The van der Waals surface area contributed by atoms with E-state index in [4.69, 9.17) is 0 Å². The van der Waals surface area contributed by atoms with E-state index >= 15 is 0 Å². The molecular formula is C20H32N2. The van der Waals surface area contributed by atoms with Gasteiger partial charge >= 0.3 is 0 Å². The Morgan fingerprint density at radius 2 is 0.773 bits per heavy atom. The number of aryl methyl sites for hydroxylation is 4. The van der Waals surface area contributed by atoms with E-state index in [0.29, 0.717) is 0 Å². The monoisotopic (exact) mass is 300 g/mol. The Labute approximate surface area is 136 Å². The van der Waals surface area contributed by atoms with E-state index in [-0.39, 0.29) is 0 Å². The number of nitrogens with zero attached hydrogens (tertiary/aromatic N) is 2. The van der Waals surface area contributed by atoms with Crippen molar-refractivity contribution in [3.05, 3.63) is 47.0 Å². The van der Waals surface area contributed by atoms with E-state index in [1.807, 2.05) is 0 Å². The van der Waals surface area contributed by atoms with Crippen LogP contribution in [-0.4, -0.2) is 9.13 Å². The summed E-state index contributed by atoms with van der Waals surface area (Å²) in [4.78, 5) is 0. The Bertz CT molecular complexity index is 483. The Balaban J connectivity index is 1.53. The predicted octanol–water partition coefficient (Wildman–Crippen LogP) is 5.56. The minimum Gasteiger partial charge on any atom is -0.349 e. The Morgan fingerprint density at radius 1 is 0.500 bits per heavy atom. The minimum absolute atomic E-state index is 1.19. The van der Waals surface area contributed by atoms with E-state index in [2.05, 4.69) is 61.1 Å². The highest BCUT2D eigenvalue weighted by molar-refractivity contribution is 5.14. The van der Waals surface area contributed by atoms with E-state index in [1.54, 1.807) is 0 Å². The van der Waals surface area contributed by atoms with Gasteiger partial charge < -0.3 is 9.13 Å². The van der Waals surface area contributed by atoms with Crippen LogP contribution in [0.5, 0.6) is 0 Å². The number of aromatic nitrogens is 2. The van der Waals surface area contributed by atoms with Gasteiger partial charge in [-0.05, 0) is 64.8 Å². The number of rotatable bonds is 9. The summed E-state index contributed by atoms with van der Waals surface area (Å²) in [5.74, 6) is 0. The van der Waals surface area contributed by atoms with Gasteiger partial charge in [-0.25, -0.2) is 0 Å². The number of unbranched alkanes of at least 4 members (excludes halogenated alkanes) is 5. The van der Waals surface area contributed by atoms with Crippen LogP contribution in [-0.2, 0) is 13.1 Å². The van der Waals surface area contributed by atoms with Gasteiger partial charge in [0.2, 0.25) is 0 Å². The van der Waals surface area contributed by atoms with Crippen LogP contribution < -0.4 is 0 Å². The van der Waals surface area contributed by atoms with Gasteiger partial charge in [-0.2, -0.15) is 0 Å². The molecule has 22 heavy (non-hydrogen) atoms. The van der Waals surface area contributed by atoms with Crippen LogP contribution in [0.3, 0.4) is 0 Å². The smallest absolute Gasteiger partial charge is 0.0224 e. The first kappa shape index (κ1) is 16.9. The van der Waals surface area contributed by atoms with Gasteiger partial charge in [-0.15, -0.1) is 0 Å². The van der Waals surface area contributed by atoms with Gasteiger partial charge in [0.15, 0.2) is 0 Å². The zero-order chi connectivity index (χ0) is 15.9. The van der Waals surface area contributed by atoms with E-state index in [1.165, 1.54) is 74.4 Å². The summed E-state index contributed by atoms with van der Waals surface area (Å²) in [6.07, 6.45) is 8.10. The van der Waals surface area contributed by atoms with Gasteiger partial charge in [-0.3, -0.25) is 0 Å². The molecule has 2 aromatic heterocycles. The molecule has 0 amide bonds. The molecule has 0 spiro atoms. The maximum Gasteiger partial charge on any atom is 0.0224 e. The lowest BCUT2D eigenvalue weighted by Crippen LogP contribution is -2.02. The van der Waals surface area contributed by atoms with Crippen molar-refractivity contribution in [3.8, 4) is 0 Å². The lowest BCUT2D eigenvalue weighted by Gasteiger charge is -2.10. The van der Waals surface area contributed by atoms with Crippen LogP contribution in [0.4, 0.5) is 0 Å². The normalized spacial score (nSPS) is 11.3. The van der Waals surface area contributed by atoms with Crippen molar-refractivity contribution in [2.45, 2.75) is 79.3 Å². The average molecular weight is 300 g/mol. The molecule has 0 aromatic carbocycles. The van der Waals surface area contributed by atoms with Crippen molar-refractivity contribution in [2.24, 2.45) is 0 Å². The molecule has 2 rings (SSSR count). The molecule has 2 heteroatoms. The molecule has 0 saturated carbocycles. The van der Waals surface area contributed by atoms with Crippen molar-refractivity contribution >= 4 is 0 Å². The third-order valence-electron chi connectivity index (χ3n) is 4.85. The summed E-state index contributed by atoms with van der Waals surface area (Å²) >= 11 is 0. The molecule has 2 aromatic rings. The van der Waals surface area contributed by atoms with Gasteiger partial charge in [-0.1, -0.05) is 25.7 Å². The van der Waals surface area contributed by atoms with Gasteiger partial charge in [0.25, 0.3) is 0 Å².